The lowest BCUT2D eigenvalue weighted by atomic mass is 9.97. The Balaban J connectivity index is 1.17. The van der Waals surface area contributed by atoms with E-state index in [1.165, 1.54) is 38.2 Å². The zero-order chi connectivity index (χ0) is 38.2. The fourth-order valence-electron chi connectivity index (χ4n) is 8.96. The zero-order valence-electron chi connectivity index (χ0n) is 31.4. The molecular weight excluding hydrogens is 705 g/mol. The molecule has 4 aromatic heterocycles. The topological polar surface area (TPSA) is 35.1 Å². The molecule has 58 heavy (non-hydrogen) atoms. The molecule has 8 aromatic carbocycles. The van der Waals surface area contributed by atoms with Gasteiger partial charge in [0.05, 0.1) is 33.3 Å². The smallest absolute Gasteiger partial charge is 0.146 e. The summed E-state index contributed by atoms with van der Waals surface area (Å²) in [6.45, 7) is 0. The second kappa shape index (κ2) is 12.9. The van der Waals surface area contributed by atoms with Crippen molar-refractivity contribution in [3.8, 4) is 50.5 Å². The van der Waals surface area contributed by atoms with Crippen LogP contribution in [0.2, 0.25) is 0 Å². The molecule has 0 bridgehead atoms. The zero-order valence-corrected chi connectivity index (χ0v) is 31.4. The van der Waals surface area contributed by atoms with Gasteiger partial charge in [-0.2, -0.15) is 0 Å². The first-order chi connectivity index (χ1) is 28.7. The van der Waals surface area contributed by atoms with E-state index in [-0.39, 0.29) is 0 Å². The summed E-state index contributed by atoms with van der Waals surface area (Å²) < 4.78 is 4.70. The van der Waals surface area contributed by atoms with E-state index in [1.807, 2.05) is 0 Å². The molecule has 12 rings (SSSR count). The van der Waals surface area contributed by atoms with Gasteiger partial charge in [0, 0.05) is 27.1 Å². The van der Waals surface area contributed by atoms with Gasteiger partial charge in [-0.1, -0.05) is 152 Å². The fraction of sp³-hybridized carbons (Fsp3) is 0. The summed E-state index contributed by atoms with van der Waals surface area (Å²) in [6, 6.07) is 73.9. The van der Waals surface area contributed by atoms with E-state index in [4.69, 9.17) is 9.97 Å². The van der Waals surface area contributed by atoms with E-state index >= 15 is 0 Å². The number of aromatic nitrogens is 4. The molecule has 0 saturated heterocycles. The van der Waals surface area contributed by atoms with Crippen LogP contribution < -0.4 is 0 Å². The molecular formula is C54H34N4. The van der Waals surface area contributed by atoms with Crippen molar-refractivity contribution in [3.63, 3.8) is 0 Å². The van der Waals surface area contributed by atoms with E-state index < -0.39 is 0 Å². The maximum atomic E-state index is 5.56. The van der Waals surface area contributed by atoms with Crippen molar-refractivity contribution in [2.24, 2.45) is 0 Å². The molecule has 0 spiro atoms. The molecule has 0 aliphatic rings. The Labute approximate surface area is 334 Å². The Morgan fingerprint density at radius 2 is 0.845 bits per heavy atom. The van der Waals surface area contributed by atoms with Crippen LogP contribution >= 0.6 is 0 Å². The normalized spacial score (nSPS) is 11.8. The summed E-state index contributed by atoms with van der Waals surface area (Å²) in [5.41, 5.74) is 15.3. The van der Waals surface area contributed by atoms with Gasteiger partial charge in [0.25, 0.3) is 0 Å². The van der Waals surface area contributed by atoms with Crippen molar-refractivity contribution >= 4 is 60.2 Å². The van der Waals surface area contributed by atoms with Gasteiger partial charge in [0.1, 0.15) is 11.5 Å². The second-order valence-electron chi connectivity index (χ2n) is 15.0. The highest BCUT2D eigenvalue weighted by Crippen LogP contribution is 2.40. The van der Waals surface area contributed by atoms with Crippen LogP contribution in [0.1, 0.15) is 0 Å². The maximum Gasteiger partial charge on any atom is 0.146 e. The first-order valence-electron chi connectivity index (χ1n) is 19.7. The van der Waals surface area contributed by atoms with Gasteiger partial charge >= 0.3 is 0 Å². The molecule has 0 atom stereocenters. The highest BCUT2D eigenvalue weighted by molar-refractivity contribution is 6.20. The summed E-state index contributed by atoms with van der Waals surface area (Å²) in [7, 11) is 0. The highest BCUT2D eigenvalue weighted by Gasteiger charge is 2.20. The van der Waals surface area contributed by atoms with Crippen LogP contribution in [0.25, 0.3) is 111 Å². The highest BCUT2D eigenvalue weighted by atomic mass is 15.1. The molecule has 0 fully saturated rings. The number of hydrogen-bond acceptors (Lipinski definition) is 2. The summed E-state index contributed by atoms with van der Waals surface area (Å²) in [4.78, 5) is 10.8. The van der Waals surface area contributed by atoms with Gasteiger partial charge in [-0.15, -0.1) is 0 Å². The number of imidazole rings is 1. The lowest BCUT2D eigenvalue weighted by Crippen LogP contribution is -2.01. The fourth-order valence-corrected chi connectivity index (χ4v) is 8.96. The number of para-hydroxylation sites is 3. The van der Waals surface area contributed by atoms with E-state index in [9.17, 15) is 0 Å². The van der Waals surface area contributed by atoms with Crippen LogP contribution in [0.4, 0.5) is 0 Å². The van der Waals surface area contributed by atoms with E-state index in [0.717, 1.165) is 72.4 Å². The number of benzene rings is 8. The minimum Gasteiger partial charge on any atom is -0.294 e. The molecule has 0 aliphatic heterocycles. The minimum absolute atomic E-state index is 0.862. The quantitative estimate of drug-likeness (QED) is 0.165. The van der Waals surface area contributed by atoms with Crippen molar-refractivity contribution < 1.29 is 0 Å². The number of fused-ring (bicyclic) bond motifs is 11. The molecule has 0 N–H and O–H groups in total. The Bertz CT molecular complexity index is 3460. The number of rotatable bonds is 5. The van der Waals surface area contributed by atoms with Crippen molar-refractivity contribution in [2.45, 2.75) is 0 Å². The monoisotopic (exact) mass is 738 g/mol. The Morgan fingerprint density at radius 1 is 0.293 bits per heavy atom. The Kier molecular flexibility index (Phi) is 7.20. The second-order valence-corrected chi connectivity index (χ2v) is 15.0. The molecule has 0 saturated carbocycles. The predicted molar refractivity (Wildman–Crippen MR) is 242 cm³/mol. The molecule has 0 aliphatic carbocycles. The first kappa shape index (κ1) is 32.4. The lowest BCUT2D eigenvalue weighted by Gasteiger charge is -2.15. The van der Waals surface area contributed by atoms with Gasteiger partial charge < -0.3 is 0 Å². The van der Waals surface area contributed by atoms with Crippen molar-refractivity contribution in [1.82, 2.24) is 18.9 Å². The molecule has 0 unspecified atom stereocenters. The third kappa shape index (κ3) is 5.09. The summed E-state index contributed by atoms with van der Waals surface area (Å²) in [5, 5.41) is 5.90. The van der Waals surface area contributed by atoms with Gasteiger partial charge in [-0.05, 0) is 93.4 Å². The molecule has 270 valence electrons. The first-order valence-corrected chi connectivity index (χ1v) is 19.7. The SMILES string of the molecule is c1ccc(-c2cccc(-c3cc(-c4cccc(-c5ccccc5)c4)nc(-n4c5ccccc5c5cc6c7ccccc7c7nc8ccccc8n7c6cc54)c3)c2)cc1. The molecule has 4 heterocycles. The summed E-state index contributed by atoms with van der Waals surface area (Å²) in [5.74, 6) is 0.862. The third-order valence-corrected chi connectivity index (χ3v) is 11.7. The van der Waals surface area contributed by atoms with E-state index in [0.29, 0.717) is 0 Å². The average Bonchev–Trinajstić information content (AvgIpc) is 3.85. The lowest BCUT2D eigenvalue weighted by molar-refractivity contribution is 1.08. The Hall–Kier alpha value is -7.82. The van der Waals surface area contributed by atoms with E-state index in [2.05, 4.69) is 215 Å². The minimum atomic E-state index is 0.862. The van der Waals surface area contributed by atoms with Crippen LogP contribution in [-0.2, 0) is 0 Å². The summed E-state index contributed by atoms with van der Waals surface area (Å²) in [6.07, 6.45) is 0. The van der Waals surface area contributed by atoms with Crippen LogP contribution in [0.15, 0.2) is 206 Å². The molecule has 4 heteroatoms. The van der Waals surface area contributed by atoms with Gasteiger partial charge in [0.2, 0.25) is 0 Å². The van der Waals surface area contributed by atoms with Crippen LogP contribution in [0.3, 0.4) is 0 Å². The Morgan fingerprint density at radius 3 is 1.59 bits per heavy atom. The van der Waals surface area contributed by atoms with Gasteiger partial charge in [0.15, 0.2) is 0 Å². The number of nitrogens with zero attached hydrogens (tertiary/aromatic N) is 4. The van der Waals surface area contributed by atoms with Gasteiger partial charge in [-0.3, -0.25) is 8.97 Å². The van der Waals surface area contributed by atoms with E-state index in [1.54, 1.807) is 0 Å². The largest absolute Gasteiger partial charge is 0.294 e. The van der Waals surface area contributed by atoms with Crippen molar-refractivity contribution in [3.05, 3.63) is 206 Å². The van der Waals surface area contributed by atoms with Crippen molar-refractivity contribution in [2.75, 3.05) is 0 Å². The van der Waals surface area contributed by atoms with Crippen LogP contribution in [-0.4, -0.2) is 18.9 Å². The predicted octanol–water partition coefficient (Wildman–Crippen LogP) is 14.0. The number of hydrogen-bond donors (Lipinski definition) is 0. The van der Waals surface area contributed by atoms with Crippen molar-refractivity contribution in [1.29, 1.82) is 0 Å². The third-order valence-electron chi connectivity index (χ3n) is 11.7. The molecule has 0 radical (unpaired) electrons. The molecule has 12 aromatic rings. The maximum absolute atomic E-state index is 5.56. The average molecular weight is 739 g/mol. The number of pyridine rings is 2. The van der Waals surface area contributed by atoms with Crippen LogP contribution in [0.5, 0.6) is 0 Å². The molecule has 4 nitrogen and oxygen atoms in total. The van der Waals surface area contributed by atoms with Gasteiger partial charge in [-0.25, -0.2) is 9.97 Å². The van der Waals surface area contributed by atoms with Crippen LogP contribution in [0, 0.1) is 0 Å². The standard InChI is InChI=1S/C54H34N4/c1-3-15-35(16-4-1)37-19-13-21-39(29-37)41-31-48(40-22-14-20-38(30-40)36-17-5-2-6-18-36)55-53(32-41)57-49-27-11-9-24-43(49)46-33-45-42-23-7-8-25-44(42)54-56-47-26-10-12-28-50(47)58(54)52(45)34-51(46)57/h1-34H. The molecule has 0 amide bonds. The summed E-state index contributed by atoms with van der Waals surface area (Å²) >= 11 is 0.